The standard InChI is InChI=1S/C15H23N3O.2ClH/c1-12-10-16-7-8-18(12)15(19)14-6-4-5-13(9-14)11-17(2)3;;/h4-6,9,12,16H,7-8,10-11H2,1-3H3;2*1H/t12-;;/m1../s1. The van der Waals surface area contributed by atoms with Gasteiger partial charge in [0.25, 0.3) is 5.91 Å². The summed E-state index contributed by atoms with van der Waals surface area (Å²) in [6.45, 7) is 5.50. The lowest BCUT2D eigenvalue weighted by molar-refractivity contribution is 0.0655. The van der Waals surface area contributed by atoms with Crippen LogP contribution in [0, 0.1) is 0 Å². The van der Waals surface area contributed by atoms with Crippen molar-refractivity contribution in [3.05, 3.63) is 35.4 Å². The second-order valence-corrected chi connectivity index (χ2v) is 5.49. The van der Waals surface area contributed by atoms with Crippen molar-refractivity contribution in [3.8, 4) is 0 Å². The number of benzene rings is 1. The molecule has 1 fully saturated rings. The van der Waals surface area contributed by atoms with E-state index < -0.39 is 0 Å². The van der Waals surface area contributed by atoms with Crippen molar-refractivity contribution in [2.24, 2.45) is 0 Å². The molecular formula is C15H25Cl2N3O. The van der Waals surface area contributed by atoms with Crippen molar-refractivity contribution >= 4 is 30.7 Å². The quantitative estimate of drug-likeness (QED) is 0.919. The van der Waals surface area contributed by atoms with Crippen molar-refractivity contribution in [1.82, 2.24) is 15.1 Å². The zero-order chi connectivity index (χ0) is 13.8. The molecule has 1 amide bonds. The Labute approximate surface area is 139 Å². The highest BCUT2D eigenvalue weighted by Crippen LogP contribution is 2.13. The molecule has 4 nitrogen and oxygen atoms in total. The fourth-order valence-corrected chi connectivity index (χ4v) is 2.48. The van der Waals surface area contributed by atoms with E-state index in [9.17, 15) is 4.79 Å². The van der Waals surface area contributed by atoms with Crippen LogP contribution in [0.15, 0.2) is 24.3 Å². The van der Waals surface area contributed by atoms with Gasteiger partial charge in [0, 0.05) is 37.8 Å². The van der Waals surface area contributed by atoms with Crippen LogP contribution < -0.4 is 5.32 Å². The number of carbonyl (C=O) groups excluding carboxylic acids is 1. The van der Waals surface area contributed by atoms with Gasteiger partial charge in [-0.1, -0.05) is 12.1 Å². The summed E-state index contributed by atoms with van der Waals surface area (Å²) < 4.78 is 0. The molecule has 1 atom stereocenters. The van der Waals surface area contributed by atoms with Crippen LogP contribution in [0.1, 0.15) is 22.8 Å². The zero-order valence-corrected chi connectivity index (χ0v) is 14.5. The molecule has 1 aliphatic heterocycles. The number of nitrogens with zero attached hydrogens (tertiary/aromatic N) is 2. The van der Waals surface area contributed by atoms with Gasteiger partial charge in [-0.3, -0.25) is 4.79 Å². The monoisotopic (exact) mass is 333 g/mol. The minimum absolute atomic E-state index is 0. The summed E-state index contributed by atoms with van der Waals surface area (Å²) in [6.07, 6.45) is 0. The normalized spacial score (nSPS) is 17.9. The van der Waals surface area contributed by atoms with Crippen LogP contribution in [0.5, 0.6) is 0 Å². The largest absolute Gasteiger partial charge is 0.333 e. The highest BCUT2D eigenvalue weighted by molar-refractivity contribution is 5.94. The number of hydrogen-bond acceptors (Lipinski definition) is 3. The van der Waals surface area contributed by atoms with E-state index in [1.807, 2.05) is 37.2 Å². The second-order valence-electron chi connectivity index (χ2n) is 5.49. The van der Waals surface area contributed by atoms with Gasteiger partial charge in [-0.2, -0.15) is 0 Å². The molecule has 0 unspecified atom stereocenters. The zero-order valence-electron chi connectivity index (χ0n) is 12.8. The van der Waals surface area contributed by atoms with Crippen LogP contribution in [0.4, 0.5) is 0 Å². The van der Waals surface area contributed by atoms with Gasteiger partial charge >= 0.3 is 0 Å². The summed E-state index contributed by atoms with van der Waals surface area (Å²) in [7, 11) is 4.07. The minimum Gasteiger partial charge on any atom is -0.333 e. The number of carbonyl (C=O) groups is 1. The molecule has 1 saturated heterocycles. The maximum atomic E-state index is 12.5. The molecule has 0 spiro atoms. The van der Waals surface area contributed by atoms with Crippen molar-refractivity contribution < 1.29 is 4.79 Å². The number of halogens is 2. The predicted octanol–water partition coefficient (Wildman–Crippen LogP) is 2.03. The molecule has 0 aliphatic carbocycles. The van der Waals surface area contributed by atoms with Gasteiger partial charge in [0.05, 0.1) is 0 Å². The number of hydrogen-bond donors (Lipinski definition) is 1. The highest BCUT2D eigenvalue weighted by Gasteiger charge is 2.23. The third-order valence-electron chi connectivity index (χ3n) is 3.43. The predicted molar refractivity (Wildman–Crippen MR) is 91.7 cm³/mol. The maximum Gasteiger partial charge on any atom is 0.254 e. The third kappa shape index (κ3) is 5.47. The van der Waals surface area contributed by atoms with E-state index in [1.54, 1.807) is 0 Å². The summed E-state index contributed by atoms with van der Waals surface area (Å²) in [5.41, 5.74) is 1.98. The SMILES string of the molecule is C[C@@H]1CNCCN1C(=O)c1cccc(CN(C)C)c1.Cl.Cl. The van der Waals surface area contributed by atoms with Crippen LogP contribution in [-0.2, 0) is 6.54 Å². The number of nitrogens with one attached hydrogen (secondary N) is 1. The summed E-state index contributed by atoms with van der Waals surface area (Å²) in [5, 5.41) is 3.31. The first-order chi connectivity index (χ1) is 9.08. The van der Waals surface area contributed by atoms with Crippen molar-refractivity contribution in [2.45, 2.75) is 19.5 Å². The van der Waals surface area contributed by atoms with E-state index in [0.717, 1.165) is 31.7 Å². The molecule has 1 N–H and O–H groups in total. The highest BCUT2D eigenvalue weighted by atomic mass is 35.5. The summed E-state index contributed by atoms with van der Waals surface area (Å²) in [5.74, 6) is 0.148. The number of piperazine rings is 1. The molecular weight excluding hydrogens is 309 g/mol. The van der Waals surface area contributed by atoms with Crippen molar-refractivity contribution in [2.75, 3.05) is 33.7 Å². The summed E-state index contributed by atoms with van der Waals surface area (Å²) in [6, 6.07) is 8.23. The van der Waals surface area contributed by atoms with Crippen LogP contribution in [0.25, 0.3) is 0 Å². The lowest BCUT2D eigenvalue weighted by Crippen LogP contribution is -2.52. The van der Waals surface area contributed by atoms with Crippen LogP contribution in [0.3, 0.4) is 0 Å². The van der Waals surface area contributed by atoms with Gasteiger partial charge in [0.2, 0.25) is 0 Å². The summed E-state index contributed by atoms with van der Waals surface area (Å²) in [4.78, 5) is 16.6. The van der Waals surface area contributed by atoms with Crippen LogP contribution in [0.2, 0.25) is 0 Å². The average molecular weight is 334 g/mol. The first kappa shape index (κ1) is 20.2. The Hall–Kier alpha value is -0.810. The van der Waals surface area contributed by atoms with Gasteiger partial charge in [-0.05, 0) is 38.7 Å². The Kier molecular flexibility index (Phi) is 8.90. The molecule has 1 heterocycles. The fourth-order valence-electron chi connectivity index (χ4n) is 2.48. The lowest BCUT2D eigenvalue weighted by Gasteiger charge is -2.34. The molecule has 1 aliphatic rings. The Balaban J connectivity index is 0.00000200. The molecule has 0 aromatic heterocycles. The van der Waals surface area contributed by atoms with E-state index in [4.69, 9.17) is 0 Å². The smallest absolute Gasteiger partial charge is 0.254 e. The van der Waals surface area contributed by atoms with Gasteiger partial charge in [-0.25, -0.2) is 0 Å². The van der Waals surface area contributed by atoms with Gasteiger partial charge < -0.3 is 15.1 Å². The molecule has 0 radical (unpaired) electrons. The van der Waals surface area contributed by atoms with Crippen molar-refractivity contribution in [1.29, 1.82) is 0 Å². The van der Waals surface area contributed by atoms with Gasteiger partial charge in [0.1, 0.15) is 0 Å². The first-order valence-electron chi connectivity index (χ1n) is 6.83. The van der Waals surface area contributed by atoms with Crippen molar-refractivity contribution in [3.63, 3.8) is 0 Å². The van der Waals surface area contributed by atoms with E-state index in [-0.39, 0.29) is 36.8 Å². The molecule has 120 valence electrons. The molecule has 0 bridgehead atoms. The van der Waals surface area contributed by atoms with Gasteiger partial charge in [0.15, 0.2) is 0 Å². The second kappa shape index (κ2) is 9.26. The molecule has 2 rings (SSSR count). The van der Waals surface area contributed by atoms with E-state index in [0.29, 0.717) is 0 Å². The Bertz CT molecular complexity index is 454. The first-order valence-corrected chi connectivity index (χ1v) is 6.83. The fraction of sp³-hybridized carbons (Fsp3) is 0.533. The van der Waals surface area contributed by atoms with Crippen LogP contribution >= 0.6 is 24.8 Å². The van der Waals surface area contributed by atoms with E-state index in [1.165, 1.54) is 5.56 Å². The Morgan fingerprint density at radius 1 is 1.38 bits per heavy atom. The molecule has 1 aromatic rings. The molecule has 1 aromatic carbocycles. The van der Waals surface area contributed by atoms with Gasteiger partial charge in [-0.15, -0.1) is 24.8 Å². The number of rotatable bonds is 3. The lowest BCUT2D eigenvalue weighted by atomic mass is 10.1. The Morgan fingerprint density at radius 3 is 2.71 bits per heavy atom. The van der Waals surface area contributed by atoms with Crippen LogP contribution in [-0.4, -0.2) is 55.5 Å². The molecule has 21 heavy (non-hydrogen) atoms. The average Bonchev–Trinajstić information content (AvgIpc) is 2.38. The summed E-state index contributed by atoms with van der Waals surface area (Å²) >= 11 is 0. The molecule has 0 saturated carbocycles. The Morgan fingerprint density at radius 2 is 2.10 bits per heavy atom. The maximum absolute atomic E-state index is 12.5. The third-order valence-corrected chi connectivity index (χ3v) is 3.43. The number of amides is 1. The van der Waals surface area contributed by atoms with E-state index in [2.05, 4.69) is 23.2 Å². The minimum atomic E-state index is 0. The molecule has 6 heteroatoms. The topological polar surface area (TPSA) is 35.6 Å². The van der Waals surface area contributed by atoms with E-state index >= 15 is 0 Å².